The van der Waals surface area contributed by atoms with E-state index in [2.05, 4.69) is 0 Å². The number of carboxylic acids is 1. The van der Waals surface area contributed by atoms with Gasteiger partial charge in [0.1, 0.15) is 12.0 Å². The topological polar surface area (TPSA) is 87.1 Å². The quantitative estimate of drug-likeness (QED) is 0.746. The zero-order valence-corrected chi connectivity index (χ0v) is 14.7. The molecule has 1 fully saturated rings. The number of hydrogen-bond acceptors (Lipinski definition) is 4. The number of aliphatic hydroxyl groups excluding tert-OH is 1. The Morgan fingerprint density at radius 1 is 1.32 bits per heavy atom. The van der Waals surface area contributed by atoms with E-state index in [0.29, 0.717) is 26.0 Å². The van der Waals surface area contributed by atoms with Gasteiger partial charge in [-0.15, -0.1) is 0 Å². The number of rotatable bonds is 8. The largest absolute Gasteiger partial charge is 0.481 e. The minimum absolute atomic E-state index is 0.0319. The van der Waals surface area contributed by atoms with Gasteiger partial charge < -0.3 is 19.8 Å². The van der Waals surface area contributed by atoms with Crippen molar-refractivity contribution in [1.29, 1.82) is 0 Å². The smallest absolute Gasteiger partial charge is 0.314 e. The first-order valence-corrected chi connectivity index (χ1v) is 8.80. The maximum absolute atomic E-state index is 12.2. The van der Waals surface area contributed by atoms with E-state index in [4.69, 9.17) is 4.74 Å². The summed E-state index contributed by atoms with van der Waals surface area (Å²) in [5.74, 6) is -1.26. The van der Waals surface area contributed by atoms with Crippen LogP contribution in [0.4, 0.5) is 0 Å². The lowest BCUT2D eigenvalue weighted by atomic mass is 9.73. The van der Waals surface area contributed by atoms with E-state index < -0.39 is 17.5 Å². The molecule has 1 heterocycles. The van der Waals surface area contributed by atoms with Crippen LogP contribution in [0.2, 0.25) is 0 Å². The van der Waals surface area contributed by atoms with Crippen LogP contribution in [0.25, 0.3) is 0 Å². The van der Waals surface area contributed by atoms with E-state index >= 15 is 0 Å². The third-order valence-electron chi connectivity index (χ3n) is 4.92. The number of aliphatic carboxylic acids is 1. The van der Waals surface area contributed by atoms with Crippen molar-refractivity contribution in [2.75, 3.05) is 26.3 Å². The molecule has 1 amide bonds. The molecule has 2 atom stereocenters. The fourth-order valence-electron chi connectivity index (χ4n) is 3.39. The number of nitrogens with zero attached hydrogens (tertiary/aromatic N) is 1. The van der Waals surface area contributed by atoms with Crippen LogP contribution in [0.5, 0.6) is 0 Å². The molecule has 0 radical (unpaired) electrons. The first-order valence-electron chi connectivity index (χ1n) is 8.80. The number of amides is 1. The van der Waals surface area contributed by atoms with Gasteiger partial charge in [0.2, 0.25) is 5.91 Å². The van der Waals surface area contributed by atoms with Gasteiger partial charge in [0, 0.05) is 19.7 Å². The Bertz CT molecular complexity index is 576. The molecule has 0 aliphatic carbocycles. The summed E-state index contributed by atoms with van der Waals surface area (Å²) < 4.78 is 5.14. The highest BCUT2D eigenvalue weighted by atomic mass is 16.5. The van der Waals surface area contributed by atoms with E-state index in [-0.39, 0.29) is 25.5 Å². The van der Waals surface area contributed by atoms with Crippen molar-refractivity contribution < 1.29 is 24.5 Å². The van der Waals surface area contributed by atoms with Crippen LogP contribution in [0, 0.1) is 5.41 Å². The van der Waals surface area contributed by atoms with Crippen molar-refractivity contribution in [3.05, 3.63) is 35.9 Å². The second-order valence-electron chi connectivity index (χ2n) is 6.56. The lowest BCUT2D eigenvalue weighted by Crippen LogP contribution is -2.57. The van der Waals surface area contributed by atoms with Crippen LogP contribution in [0.3, 0.4) is 0 Å². The summed E-state index contributed by atoms with van der Waals surface area (Å²) in [6, 6.07) is 9.85. The molecule has 0 spiro atoms. The molecule has 1 aromatic carbocycles. The molecule has 6 heteroatoms. The number of piperidine rings is 1. The van der Waals surface area contributed by atoms with Crippen molar-refractivity contribution in [2.45, 2.75) is 38.7 Å². The maximum atomic E-state index is 12.2. The molecule has 138 valence electrons. The number of benzene rings is 1. The summed E-state index contributed by atoms with van der Waals surface area (Å²) in [4.78, 5) is 25.7. The standard InChI is InChI=1S/C19H27NO5/c1-2-25-13-17(22)20-12-10-16(21)19(14-20,18(23)24)11-6-9-15-7-4-3-5-8-15/h3-5,7-8,16,21H,2,6,9-14H2,1H3,(H,23,24)/t16-,19-/m1/s1. The molecule has 1 aliphatic heterocycles. The summed E-state index contributed by atoms with van der Waals surface area (Å²) >= 11 is 0. The number of aryl methyl sites for hydroxylation is 1. The summed E-state index contributed by atoms with van der Waals surface area (Å²) in [6.45, 7) is 2.58. The third kappa shape index (κ3) is 4.80. The van der Waals surface area contributed by atoms with E-state index in [1.54, 1.807) is 6.92 Å². The average molecular weight is 349 g/mol. The molecule has 0 saturated carbocycles. The first kappa shape index (κ1) is 19.4. The number of carbonyl (C=O) groups is 2. The number of carbonyl (C=O) groups excluding carboxylic acids is 1. The molecule has 1 saturated heterocycles. The predicted octanol–water partition coefficient (Wildman–Crippen LogP) is 1.71. The third-order valence-corrected chi connectivity index (χ3v) is 4.92. The Labute approximate surface area is 148 Å². The van der Waals surface area contributed by atoms with Gasteiger partial charge in [0.15, 0.2) is 0 Å². The zero-order chi connectivity index (χ0) is 18.3. The van der Waals surface area contributed by atoms with Crippen LogP contribution in [0.1, 0.15) is 31.7 Å². The maximum Gasteiger partial charge on any atom is 0.314 e. The first-order chi connectivity index (χ1) is 12.0. The van der Waals surface area contributed by atoms with Crippen molar-refractivity contribution in [2.24, 2.45) is 5.41 Å². The summed E-state index contributed by atoms with van der Waals surface area (Å²) in [6.07, 6.45) is 1.04. The molecule has 2 rings (SSSR count). The Hall–Kier alpha value is -1.92. The van der Waals surface area contributed by atoms with Gasteiger partial charge in [-0.05, 0) is 38.2 Å². The molecule has 0 bridgehead atoms. The highest BCUT2D eigenvalue weighted by Crippen LogP contribution is 2.36. The van der Waals surface area contributed by atoms with Crippen molar-refractivity contribution in [1.82, 2.24) is 4.90 Å². The van der Waals surface area contributed by atoms with Gasteiger partial charge >= 0.3 is 5.97 Å². The molecule has 6 nitrogen and oxygen atoms in total. The fraction of sp³-hybridized carbons (Fsp3) is 0.579. The zero-order valence-electron chi connectivity index (χ0n) is 14.7. The van der Waals surface area contributed by atoms with Crippen molar-refractivity contribution >= 4 is 11.9 Å². The molecule has 0 aromatic heterocycles. The Balaban J connectivity index is 2.04. The van der Waals surface area contributed by atoms with Gasteiger partial charge in [0.05, 0.1) is 6.10 Å². The van der Waals surface area contributed by atoms with E-state index in [1.165, 1.54) is 4.90 Å². The summed E-state index contributed by atoms with van der Waals surface area (Å²) in [7, 11) is 0. The Morgan fingerprint density at radius 2 is 2.04 bits per heavy atom. The van der Waals surface area contributed by atoms with E-state index in [9.17, 15) is 19.8 Å². The molecule has 1 aliphatic rings. The van der Waals surface area contributed by atoms with E-state index in [1.807, 2.05) is 30.3 Å². The number of aliphatic hydroxyl groups is 1. The number of ether oxygens (including phenoxy) is 1. The fourth-order valence-corrected chi connectivity index (χ4v) is 3.39. The molecule has 25 heavy (non-hydrogen) atoms. The van der Waals surface area contributed by atoms with Gasteiger partial charge in [0.25, 0.3) is 0 Å². The van der Waals surface area contributed by atoms with Gasteiger partial charge in [-0.2, -0.15) is 0 Å². The second-order valence-corrected chi connectivity index (χ2v) is 6.56. The number of likely N-dealkylation sites (tertiary alicyclic amines) is 1. The van der Waals surface area contributed by atoms with Crippen LogP contribution in [0.15, 0.2) is 30.3 Å². The molecule has 2 N–H and O–H groups in total. The van der Waals surface area contributed by atoms with Crippen LogP contribution < -0.4 is 0 Å². The monoisotopic (exact) mass is 349 g/mol. The highest BCUT2D eigenvalue weighted by molar-refractivity contribution is 5.81. The SMILES string of the molecule is CCOCC(=O)N1CC[C@@H](O)[C@](CCCc2ccccc2)(C(=O)O)C1. The van der Waals surface area contributed by atoms with Crippen LogP contribution in [-0.4, -0.2) is 59.4 Å². The average Bonchev–Trinajstić information content (AvgIpc) is 2.62. The number of hydrogen-bond donors (Lipinski definition) is 2. The molecular formula is C19H27NO5. The van der Waals surface area contributed by atoms with Crippen molar-refractivity contribution in [3.63, 3.8) is 0 Å². The van der Waals surface area contributed by atoms with Gasteiger partial charge in [-0.3, -0.25) is 9.59 Å². The summed E-state index contributed by atoms with van der Waals surface area (Å²) in [5.41, 5.74) is -0.174. The molecule has 0 unspecified atom stereocenters. The van der Waals surface area contributed by atoms with Crippen LogP contribution >= 0.6 is 0 Å². The number of carboxylic acid groups (broad SMARTS) is 1. The van der Waals surface area contributed by atoms with Gasteiger partial charge in [-0.1, -0.05) is 30.3 Å². The van der Waals surface area contributed by atoms with Crippen LogP contribution in [-0.2, 0) is 20.7 Å². The second kappa shape index (κ2) is 8.97. The Morgan fingerprint density at radius 3 is 2.68 bits per heavy atom. The van der Waals surface area contributed by atoms with E-state index in [0.717, 1.165) is 12.0 Å². The molecular weight excluding hydrogens is 322 g/mol. The van der Waals surface area contributed by atoms with Crippen molar-refractivity contribution in [3.8, 4) is 0 Å². The minimum atomic E-state index is -1.31. The molecule has 1 aromatic rings. The van der Waals surface area contributed by atoms with Gasteiger partial charge in [-0.25, -0.2) is 0 Å². The lowest BCUT2D eigenvalue weighted by Gasteiger charge is -2.43. The lowest BCUT2D eigenvalue weighted by molar-refractivity contribution is -0.167. The minimum Gasteiger partial charge on any atom is -0.481 e. The summed E-state index contributed by atoms with van der Waals surface area (Å²) in [5, 5.41) is 20.2. The highest BCUT2D eigenvalue weighted by Gasteiger charge is 2.49. The normalized spacial score (nSPS) is 23.4. The Kier molecular flexibility index (Phi) is 6.96. The predicted molar refractivity (Wildman–Crippen MR) is 93.1 cm³/mol.